The van der Waals surface area contributed by atoms with Crippen molar-refractivity contribution in [1.29, 1.82) is 0 Å². The van der Waals surface area contributed by atoms with Crippen LogP contribution in [0.4, 0.5) is 0 Å². The van der Waals surface area contributed by atoms with Gasteiger partial charge in [-0.3, -0.25) is 9.48 Å². The smallest absolute Gasteiger partial charge is 0.257 e. The number of carbonyl (C=O) groups is 1. The molecule has 1 aromatic carbocycles. The summed E-state index contributed by atoms with van der Waals surface area (Å²) < 4.78 is 3.51. The molecule has 23 heavy (non-hydrogen) atoms. The topological polar surface area (TPSA) is 56.0 Å². The number of carbonyl (C=O) groups excluding carboxylic acids is 1. The van der Waals surface area contributed by atoms with Gasteiger partial charge in [0.15, 0.2) is 0 Å². The van der Waals surface area contributed by atoms with Gasteiger partial charge >= 0.3 is 0 Å². The molecule has 0 saturated carbocycles. The molecule has 0 atom stereocenters. The highest BCUT2D eigenvalue weighted by Crippen LogP contribution is 2.13. The molecule has 0 fully saturated rings. The molecular weight excluding hydrogens is 290 g/mol. The van der Waals surface area contributed by atoms with Crippen LogP contribution in [-0.4, -0.2) is 37.4 Å². The van der Waals surface area contributed by atoms with Crippen LogP contribution in [0.2, 0.25) is 0 Å². The van der Waals surface area contributed by atoms with Crippen molar-refractivity contribution in [3.8, 4) is 5.69 Å². The molecule has 0 saturated heterocycles. The lowest BCUT2D eigenvalue weighted by molar-refractivity contribution is 0.0784. The van der Waals surface area contributed by atoms with Crippen LogP contribution in [-0.2, 0) is 13.6 Å². The number of nitrogens with zero attached hydrogens (tertiary/aromatic N) is 5. The Morgan fingerprint density at radius 1 is 1.22 bits per heavy atom. The molecule has 0 aliphatic rings. The lowest BCUT2D eigenvalue weighted by atomic mass is 10.1. The summed E-state index contributed by atoms with van der Waals surface area (Å²) in [6.07, 6.45) is 5.27. The van der Waals surface area contributed by atoms with E-state index in [1.165, 1.54) is 0 Å². The van der Waals surface area contributed by atoms with Gasteiger partial charge in [-0.2, -0.15) is 10.2 Å². The fourth-order valence-corrected chi connectivity index (χ4v) is 2.44. The predicted octanol–water partition coefficient (Wildman–Crippen LogP) is 2.19. The first-order chi connectivity index (χ1) is 11.1. The fourth-order valence-electron chi connectivity index (χ4n) is 2.44. The number of aryl methyl sites for hydroxylation is 1. The number of rotatable bonds is 4. The molecular formula is C17H19N5O. The lowest BCUT2D eigenvalue weighted by Crippen LogP contribution is -2.26. The van der Waals surface area contributed by atoms with E-state index in [-0.39, 0.29) is 5.91 Å². The van der Waals surface area contributed by atoms with Crippen molar-refractivity contribution in [2.75, 3.05) is 7.05 Å². The summed E-state index contributed by atoms with van der Waals surface area (Å²) in [5, 5.41) is 8.33. The Morgan fingerprint density at radius 3 is 2.52 bits per heavy atom. The van der Waals surface area contributed by atoms with Crippen molar-refractivity contribution in [2.24, 2.45) is 7.05 Å². The Labute approximate surface area is 135 Å². The molecule has 0 spiro atoms. The van der Waals surface area contributed by atoms with Crippen molar-refractivity contribution in [3.63, 3.8) is 0 Å². The highest BCUT2D eigenvalue weighted by Gasteiger charge is 2.17. The largest absolute Gasteiger partial charge is 0.337 e. The second-order valence-electron chi connectivity index (χ2n) is 5.55. The van der Waals surface area contributed by atoms with Crippen LogP contribution < -0.4 is 0 Å². The molecule has 2 heterocycles. The van der Waals surface area contributed by atoms with Gasteiger partial charge in [0.2, 0.25) is 0 Å². The summed E-state index contributed by atoms with van der Waals surface area (Å²) in [6, 6.07) is 9.90. The third-order valence-electron chi connectivity index (χ3n) is 3.94. The van der Waals surface area contributed by atoms with E-state index in [0.717, 1.165) is 16.9 Å². The Kier molecular flexibility index (Phi) is 3.97. The monoisotopic (exact) mass is 309 g/mol. The van der Waals surface area contributed by atoms with Gasteiger partial charge in [0.1, 0.15) is 0 Å². The molecule has 0 aliphatic carbocycles. The van der Waals surface area contributed by atoms with Crippen molar-refractivity contribution in [1.82, 2.24) is 24.5 Å². The first-order valence-electron chi connectivity index (χ1n) is 7.39. The van der Waals surface area contributed by atoms with Crippen molar-refractivity contribution >= 4 is 5.91 Å². The van der Waals surface area contributed by atoms with Gasteiger partial charge in [0, 0.05) is 38.7 Å². The first kappa shape index (κ1) is 15.0. The summed E-state index contributed by atoms with van der Waals surface area (Å²) >= 11 is 0. The highest BCUT2D eigenvalue weighted by molar-refractivity contribution is 5.94. The van der Waals surface area contributed by atoms with Gasteiger partial charge in [0.25, 0.3) is 5.91 Å². The standard InChI is InChI=1S/C17H19N5O/c1-13-16(11-19-21(13)3)17(23)20(2)12-14-5-7-15(8-6-14)22-10-4-9-18-22/h4-11H,12H2,1-3H3. The van der Waals surface area contributed by atoms with E-state index in [1.54, 1.807) is 33.7 Å². The first-order valence-corrected chi connectivity index (χ1v) is 7.39. The van der Waals surface area contributed by atoms with Gasteiger partial charge in [0.05, 0.1) is 17.4 Å². The summed E-state index contributed by atoms with van der Waals surface area (Å²) in [5.74, 6) is -0.0215. The quantitative estimate of drug-likeness (QED) is 0.742. The van der Waals surface area contributed by atoms with Crippen LogP contribution in [0.25, 0.3) is 5.69 Å². The SMILES string of the molecule is Cc1c(C(=O)N(C)Cc2ccc(-n3cccn3)cc2)cnn1C. The number of hydrogen-bond acceptors (Lipinski definition) is 3. The average molecular weight is 309 g/mol. The zero-order valence-electron chi connectivity index (χ0n) is 13.5. The lowest BCUT2D eigenvalue weighted by Gasteiger charge is -2.17. The van der Waals surface area contributed by atoms with Crippen molar-refractivity contribution < 1.29 is 4.79 Å². The minimum atomic E-state index is -0.0215. The minimum Gasteiger partial charge on any atom is -0.337 e. The number of aromatic nitrogens is 4. The van der Waals surface area contributed by atoms with E-state index in [9.17, 15) is 4.79 Å². The molecule has 0 N–H and O–H groups in total. The molecule has 0 radical (unpaired) electrons. The summed E-state index contributed by atoms with van der Waals surface area (Å²) in [7, 11) is 3.64. The normalized spacial score (nSPS) is 10.7. The van der Waals surface area contributed by atoms with E-state index in [4.69, 9.17) is 0 Å². The van der Waals surface area contributed by atoms with Gasteiger partial charge in [-0.25, -0.2) is 4.68 Å². The van der Waals surface area contributed by atoms with Crippen LogP contribution in [0, 0.1) is 6.92 Å². The maximum absolute atomic E-state index is 12.5. The van der Waals surface area contributed by atoms with Crippen molar-refractivity contribution in [3.05, 3.63) is 65.7 Å². The van der Waals surface area contributed by atoms with Gasteiger partial charge in [-0.05, 0) is 30.7 Å². The average Bonchev–Trinajstić information content (AvgIpc) is 3.19. The van der Waals surface area contributed by atoms with Crippen LogP contribution in [0.5, 0.6) is 0 Å². The van der Waals surface area contributed by atoms with E-state index < -0.39 is 0 Å². The molecule has 118 valence electrons. The fraction of sp³-hybridized carbons (Fsp3) is 0.235. The number of amides is 1. The van der Waals surface area contributed by atoms with Crippen LogP contribution >= 0.6 is 0 Å². The molecule has 6 heteroatoms. The molecule has 0 aliphatic heterocycles. The van der Waals surface area contributed by atoms with Gasteiger partial charge in [-0.15, -0.1) is 0 Å². The summed E-state index contributed by atoms with van der Waals surface area (Å²) in [6.45, 7) is 2.44. The van der Waals surface area contributed by atoms with Gasteiger partial charge in [-0.1, -0.05) is 12.1 Å². The summed E-state index contributed by atoms with van der Waals surface area (Å²) in [4.78, 5) is 14.2. The van der Waals surface area contributed by atoms with E-state index in [2.05, 4.69) is 10.2 Å². The Bertz CT molecular complexity index is 802. The molecule has 6 nitrogen and oxygen atoms in total. The zero-order chi connectivity index (χ0) is 16.4. The number of hydrogen-bond donors (Lipinski definition) is 0. The van der Waals surface area contributed by atoms with E-state index in [0.29, 0.717) is 12.1 Å². The Balaban J connectivity index is 1.71. The summed E-state index contributed by atoms with van der Waals surface area (Å²) in [5.41, 5.74) is 3.58. The van der Waals surface area contributed by atoms with E-state index in [1.807, 2.05) is 50.5 Å². The second-order valence-corrected chi connectivity index (χ2v) is 5.55. The molecule has 3 rings (SSSR count). The van der Waals surface area contributed by atoms with Crippen LogP contribution in [0.1, 0.15) is 21.6 Å². The third kappa shape index (κ3) is 3.01. The Morgan fingerprint density at radius 2 is 1.96 bits per heavy atom. The highest BCUT2D eigenvalue weighted by atomic mass is 16.2. The maximum atomic E-state index is 12.5. The number of benzene rings is 1. The van der Waals surface area contributed by atoms with Crippen LogP contribution in [0.3, 0.4) is 0 Å². The molecule has 2 aromatic heterocycles. The zero-order valence-corrected chi connectivity index (χ0v) is 13.5. The molecule has 0 bridgehead atoms. The van der Waals surface area contributed by atoms with Crippen LogP contribution in [0.15, 0.2) is 48.9 Å². The maximum Gasteiger partial charge on any atom is 0.257 e. The van der Waals surface area contributed by atoms with E-state index >= 15 is 0 Å². The molecule has 0 unspecified atom stereocenters. The predicted molar refractivity (Wildman–Crippen MR) is 87.3 cm³/mol. The minimum absolute atomic E-state index is 0.0215. The molecule has 1 amide bonds. The Hall–Kier alpha value is -2.89. The molecule has 3 aromatic rings. The van der Waals surface area contributed by atoms with Crippen molar-refractivity contribution in [2.45, 2.75) is 13.5 Å². The third-order valence-corrected chi connectivity index (χ3v) is 3.94. The second kappa shape index (κ2) is 6.08. The van der Waals surface area contributed by atoms with Gasteiger partial charge < -0.3 is 4.90 Å².